The van der Waals surface area contributed by atoms with Crippen LogP contribution in [0.4, 0.5) is 5.82 Å². The van der Waals surface area contributed by atoms with Crippen molar-refractivity contribution in [2.24, 2.45) is 5.41 Å². The Balaban J connectivity index is 2.01. The third kappa shape index (κ3) is 1.66. The first-order valence-corrected chi connectivity index (χ1v) is 6.31. The molecule has 2 aromatic rings. The monoisotopic (exact) mass is 245 g/mol. The van der Waals surface area contributed by atoms with Crippen molar-refractivity contribution < 1.29 is 0 Å². The molecule has 1 unspecified atom stereocenters. The van der Waals surface area contributed by atoms with E-state index < -0.39 is 0 Å². The Morgan fingerprint density at radius 3 is 2.94 bits per heavy atom. The Morgan fingerprint density at radius 2 is 2.22 bits per heavy atom. The summed E-state index contributed by atoms with van der Waals surface area (Å²) in [5.41, 5.74) is 1.15. The van der Waals surface area contributed by atoms with Crippen LogP contribution in [-0.2, 0) is 0 Å². The van der Waals surface area contributed by atoms with Crippen molar-refractivity contribution in [3.05, 3.63) is 18.6 Å². The van der Waals surface area contributed by atoms with E-state index in [2.05, 4.69) is 46.1 Å². The molecule has 0 amide bonds. The number of nitrogens with zero attached hydrogens (tertiary/aromatic N) is 3. The van der Waals surface area contributed by atoms with Crippen LogP contribution in [0.1, 0.15) is 13.8 Å². The molecule has 2 aromatic heterocycles. The molecule has 0 spiro atoms. The van der Waals surface area contributed by atoms with Crippen molar-refractivity contribution in [3.8, 4) is 0 Å². The smallest absolute Gasteiger partial charge is 0.142 e. The zero-order valence-electron chi connectivity index (χ0n) is 11.1. The minimum Gasteiger partial charge on any atom is -0.354 e. The number of rotatable bonds is 2. The first-order chi connectivity index (χ1) is 8.59. The Morgan fingerprint density at radius 1 is 1.39 bits per heavy atom. The van der Waals surface area contributed by atoms with E-state index >= 15 is 0 Å². The summed E-state index contributed by atoms with van der Waals surface area (Å²) in [7, 11) is 2.12. The van der Waals surface area contributed by atoms with E-state index in [1.165, 1.54) is 0 Å². The minimum atomic E-state index is 0.252. The molecule has 0 aliphatic carbocycles. The normalized spacial score (nSPS) is 22.5. The van der Waals surface area contributed by atoms with Gasteiger partial charge in [0.15, 0.2) is 0 Å². The van der Waals surface area contributed by atoms with E-state index in [0.29, 0.717) is 6.04 Å². The summed E-state index contributed by atoms with van der Waals surface area (Å²) in [5, 5.41) is 4.55. The summed E-state index contributed by atoms with van der Waals surface area (Å²) < 4.78 is 0. The molecule has 0 bridgehead atoms. The van der Waals surface area contributed by atoms with Gasteiger partial charge in [0.1, 0.15) is 17.8 Å². The van der Waals surface area contributed by atoms with Crippen molar-refractivity contribution in [3.63, 3.8) is 0 Å². The number of nitrogens with one attached hydrogen (secondary N) is 2. The molecular formula is C13H19N5. The van der Waals surface area contributed by atoms with Gasteiger partial charge in [0, 0.05) is 32.4 Å². The molecular weight excluding hydrogens is 226 g/mol. The van der Waals surface area contributed by atoms with Gasteiger partial charge in [-0.15, -0.1) is 0 Å². The second-order valence-electron chi connectivity index (χ2n) is 5.68. The second-order valence-corrected chi connectivity index (χ2v) is 5.68. The van der Waals surface area contributed by atoms with Gasteiger partial charge in [0.05, 0.1) is 5.39 Å². The van der Waals surface area contributed by atoms with E-state index in [-0.39, 0.29) is 5.41 Å². The van der Waals surface area contributed by atoms with Crippen LogP contribution < -0.4 is 10.2 Å². The first kappa shape index (κ1) is 11.5. The Hall–Kier alpha value is -1.62. The summed E-state index contributed by atoms with van der Waals surface area (Å²) in [5.74, 6) is 1.00. The Labute approximate surface area is 107 Å². The van der Waals surface area contributed by atoms with Crippen LogP contribution in [0.15, 0.2) is 18.6 Å². The van der Waals surface area contributed by atoms with Crippen LogP contribution >= 0.6 is 0 Å². The maximum Gasteiger partial charge on any atom is 0.142 e. The number of fused-ring (bicyclic) bond motifs is 1. The molecule has 0 aromatic carbocycles. The molecule has 2 N–H and O–H groups in total. The Kier molecular flexibility index (Phi) is 2.52. The fourth-order valence-corrected chi connectivity index (χ4v) is 2.87. The highest BCUT2D eigenvalue weighted by Gasteiger charge is 2.38. The predicted octanol–water partition coefficient (Wildman–Crippen LogP) is 1.39. The lowest BCUT2D eigenvalue weighted by molar-refractivity contribution is 0.352. The van der Waals surface area contributed by atoms with Gasteiger partial charge in [0.2, 0.25) is 0 Å². The first-order valence-electron chi connectivity index (χ1n) is 6.31. The lowest BCUT2D eigenvalue weighted by atomic mass is 9.87. The number of hydrogen-bond acceptors (Lipinski definition) is 4. The lowest BCUT2D eigenvalue weighted by Crippen LogP contribution is -2.43. The van der Waals surface area contributed by atoms with Gasteiger partial charge in [-0.1, -0.05) is 13.8 Å². The SMILES string of the molecule is CN(c1ncnc2[nH]ccc12)C1CNCC1(C)C. The number of anilines is 1. The standard InChI is InChI=1S/C13H19N5/c1-13(2)7-14-6-10(13)18(3)12-9-4-5-15-11(9)16-8-17-12/h4-5,8,10,14H,6-7H2,1-3H3,(H,15,16,17). The van der Waals surface area contributed by atoms with Gasteiger partial charge in [-0.25, -0.2) is 9.97 Å². The van der Waals surface area contributed by atoms with Gasteiger partial charge in [-0.05, 0) is 11.5 Å². The fraction of sp³-hybridized carbons (Fsp3) is 0.538. The summed E-state index contributed by atoms with van der Waals surface area (Å²) in [6.07, 6.45) is 3.54. The van der Waals surface area contributed by atoms with Gasteiger partial charge >= 0.3 is 0 Å². The average Bonchev–Trinajstić information content (AvgIpc) is 2.93. The van der Waals surface area contributed by atoms with E-state index in [4.69, 9.17) is 0 Å². The van der Waals surface area contributed by atoms with Crippen molar-refractivity contribution >= 4 is 16.9 Å². The van der Waals surface area contributed by atoms with Crippen molar-refractivity contribution in [1.82, 2.24) is 20.3 Å². The zero-order chi connectivity index (χ0) is 12.8. The second kappa shape index (κ2) is 3.95. The molecule has 1 saturated heterocycles. The van der Waals surface area contributed by atoms with Gasteiger partial charge in [0.25, 0.3) is 0 Å². The van der Waals surface area contributed by atoms with E-state index in [9.17, 15) is 0 Å². The van der Waals surface area contributed by atoms with Gasteiger partial charge < -0.3 is 15.2 Å². The third-order valence-electron chi connectivity index (χ3n) is 3.95. The zero-order valence-corrected chi connectivity index (χ0v) is 11.1. The number of hydrogen-bond donors (Lipinski definition) is 2. The molecule has 5 nitrogen and oxygen atoms in total. The summed E-state index contributed by atoms with van der Waals surface area (Å²) in [6, 6.07) is 2.49. The van der Waals surface area contributed by atoms with E-state index in [1.54, 1.807) is 6.33 Å². The number of aromatic amines is 1. The van der Waals surface area contributed by atoms with Gasteiger partial charge in [-0.3, -0.25) is 0 Å². The molecule has 1 aliphatic rings. The number of H-pyrrole nitrogens is 1. The average molecular weight is 245 g/mol. The van der Waals surface area contributed by atoms with Crippen LogP contribution in [0.2, 0.25) is 0 Å². The molecule has 1 fully saturated rings. The molecule has 0 saturated carbocycles. The van der Waals surface area contributed by atoms with Crippen molar-refractivity contribution in [1.29, 1.82) is 0 Å². The highest BCUT2D eigenvalue weighted by Crippen LogP contribution is 2.32. The van der Waals surface area contributed by atoms with Crippen LogP contribution in [0.25, 0.3) is 11.0 Å². The summed E-state index contributed by atoms with van der Waals surface area (Å²) in [4.78, 5) is 14.1. The largest absolute Gasteiger partial charge is 0.354 e. The Bertz CT molecular complexity index is 559. The molecule has 3 rings (SSSR count). The van der Waals surface area contributed by atoms with Crippen LogP contribution in [0.3, 0.4) is 0 Å². The summed E-state index contributed by atoms with van der Waals surface area (Å²) in [6.45, 7) is 6.64. The maximum absolute atomic E-state index is 4.46. The number of aromatic nitrogens is 3. The molecule has 3 heterocycles. The van der Waals surface area contributed by atoms with Crippen molar-refractivity contribution in [2.75, 3.05) is 25.0 Å². The molecule has 0 radical (unpaired) electrons. The van der Waals surface area contributed by atoms with Crippen LogP contribution in [-0.4, -0.2) is 41.1 Å². The van der Waals surface area contributed by atoms with E-state index in [0.717, 1.165) is 29.9 Å². The van der Waals surface area contributed by atoms with E-state index in [1.807, 2.05) is 12.3 Å². The molecule has 18 heavy (non-hydrogen) atoms. The van der Waals surface area contributed by atoms with Crippen LogP contribution in [0.5, 0.6) is 0 Å². The third-order valence-corrected chi connectivity index (χ3v) is 3.95. The quantitative estimate of drug-likeness (QED) is 0.839. The van der Waals surface area contributed by atoms with Gasteiger partial charge in [-0.2, -0.15) is 0 Å². The summed E-state index contributed by atoms with van der Waals surface area (Å²) >= 11 is 0. The predicted molar refractivity (Wildman–Crippen MR) is 72.7 cm³/mol. The highest BCUT2D eigenvalue weighted by molar-refractivity contribution is 5.87. The molecule has 1 aliphatic heterocycles. The fourth-order valence-electron chi connectivity index (χ4n) is 2.87. The highest BCUT2D eigenvalue weighted by atomic mass is 15.2. The number of likely N-dealkylation sites (N-methyl/N-ethyl adjacent to an activating group) is 1. The molecule has 5 heteroatoms. The molecule has 96 valence electrons. The van der Waals surface area contributed by atoms with Crippen LogP contribution in [0, 0.1) is 5.41 Å². The lowest BCUT2D eigenvalue weighted by Gasteiger charge is -2.35. The minimum absolute atomic E-state index is 0.252. The maximum atomic E-state index is 4.46. The molecule has 1 atom stereocenters. The topological polar surface area (TPSA) is 56.8 Å². The van der Waals surface area contributed by atoms with Crippen molar-refractivity contribution in [2.45, 2.75) is 19.9 Å².